The summed E-state index contributed by atoms with van der Waals surface area (Å²) in [6.07, 6.45) is 1.12. The molecule has 0 spiro atoms. The molecule has 1 aromatic heterocycles. The van der Waals surface area contributed by atoms with E-state index in [1.807, 2.05) is 26.0 Å². The smallest absolute Gasteiger partial charge is 0.121 e. The normalized spacial score (nSPS) is 11.8. The first-order chi connectivity index (χ1) is 9.47. The van der Waals surface area contributed by atoms with Crippen LogP contribution in [-0.4, -0.2) is 28.2 Å². The maximum absolute atomic E-state index is 5.72. The van der Waals surface area contributed by atoms with Gasteiger partial charge in [-0.05, 0) is 26.0 Å². The SMILES string of the molecule is CC(C)NCCc1nc2cc(OC(C)C)ccc2n1C. The first-order valence-electron chi connectivity index (χ1n) is 7.32. The summed E-state index contributed by atoms with van der Waals surface area (Å²) in [7, 11) is 2.07. The molecular formula is C16H25N3O. The molecule has 0 atom stereocenters. The number of rotatable bonds is 6. The van der Waals surface area contributed by atoms with E-state index in [0.717, 1.165) is 35.6 Å². The van der Waals surface area contributed by atoms with Gasteiger partial charge in [0.05, 0.1) is 17.1 Å². The van der Waals surface area contributed by atoms with Crippen molar-refractivity contribution >= 4 is 11.0 Å². The molecule has 0 aliphatic rings. The Kier molecular flexibility index (Phi) is 4.65. The third-order valence-corrected chi connectivity index (χ3v) is 3.22. The predicted molar refractivity (Wildman–Crippen MR) is 83.3 cm³/mol. The van der Waals surface area contributed by atoms with Crippen LogP contribution in [0, 0.1) is 0 Å². The summed E-state index contributed by atoms with van der Waals surface area (Å²) in [5.41, 5.74) is 2.16. The molecule has 0 unspecified atom stereocenters. The van der Waals surface area contributed by atoms with Crippen molar-refractivity contribution in [1.82, 2.24) is 14.9 Å². The van der Waals surface area contributed by atoms with Crippen molar-refractivity contribution in [1.29, 1.82) is 0 Å². The Bertz CT molecular complexity index is 572. The molecule has 2 rings (SSSR count). The Morgan fingerprint density at radius 3 is 2.65 bits per heavy atom. The van der Waals surface area contributed by atoms with E-state index in [2.05, 4.69) is 36.8 Å². The third kappa shape index (κ3) is 3.51. The lowest BCUT2D eigenvalue weighted by atomic mass is 10.3. The van der Waals surface area contributed by atoms with Gasteiger partial charge in [0.25, 0.3) is 0 Å². The fraction of sp³-hybridized carbons (Fsp3) is 0.562. The molecule has 0 fully saturated rings. The number of imidazole rings is 1. The third-order valence-electron chi connectivity index (χ3n) is 3.22. The van der Waals surface area contributed by atoms with Crippen molar-refractivity contribution in [2.45, 2.75) is 46.3 Å². The number of nitrogens with one attached hydrogen (secondary N) is 1. The second-order valence-corrected chi connectivity index (χ2v) is 5.76. The van der Waals surface area contributed by atoms with Gasteiger partial charge in [-0.25, -0.2) is 4.98 Å². The summed E-state index contributed by atoms with van der Waals surface area (Å²) in [4.78, 5) is 4.72. The molecule has 0 aliphatic carbocycles. The van der Waals surface area contributed by atoms with E-state index in [0.29, 0.717) is 6.04 Å². The molecule has 0 saturated carbocycles. The van der Waals surface area contributed by atoms with Crippen LogP contribution in [0.4, 0.5) is 0 Å². The quantitative estimate of drug-likeness (QED) is 0.881. The molecule has 4 nitrogen and oxygen atoms in total. The number of nitrogens with zero attached hydrogens (tertiary/aromatic N) is 2. The van der Waals surface area contributed by atoms with Crippen LogP contribution in [0.5, 0.6) is 5.75 Å². The number of ether oxygens (including phenoxy) is 1. The first-order valence-corrected chi connectivity index (χ1v) is 7.32. The van der Waals surface area contributed by atoms with Crippen molar-refractivity contribution in [2.24, 2.45) is 7.05 Å². The summed E-state index contributed by atoms with van der Waals surface area (Å²) in [6, 6.07) is 6.63. The molecule has 110 valence electrons. The molecule has 4 heteroatoms. The lowest BCUT2D eigenvalue weighted by molar-refractivity contribution is 0.242. The average molecular weight is 275 g/mol. The summed E-state index contributed by atoms with van der Waals surface area (Å²) >= 11 is 0. The van der Waals surface area contributed by atoms with Crippen LogP contribution in [0.25, 0.3) is 11.0 Å². The van der Waals surface area contributed by atoms with Crippen molar-refractivity contribution in [2.75, 3.05) is 6.54 Å². The van der Waals surface area contributed by atoms with Crippen LogP contribution in [-0.2, 0) is 13.5 Å². The fourth-order valence-electron chi connectivity index (χ4n) is 2.27. The zero-order valence-electron chi connectivity index (χ0n) is 13.1. The zero-order chi connectivity index (χ0) is 14.7. The van der Waals surface area contributed by atoms with Crippen LogP contribution in [0.3, 0.4) is 0 Å². The van der Waals surface area contributed by atoms with Gasteiger partial charge in [-0.3, -0.25) is 0 Å². The Morgan fingerprint density at radius 2 is 2.00 bits per heavy atom. The maximum atomic E-state index is 5.72. The minimum absolute atomic E-state index is 0.186. The molecule has 0 amide bonds. The van der Waals surface area contributed by atoms with Gasteiger partial charge in [-0.2, -0.15) is 0 Å². The van der Waals surface area contributed by atoms with Crippen LogP contribution >= 0.6 is 0 Å². The Labute approximate surface area is 121 Å². The summed E-state index contributed by atoms with van der Waals surface area (Å²) in [5, 5.41) is 3.42. The first kappa shape index (κ1) is 14.9. The zero-order valence-corrected chi connectivity index (χ0v) is 13.1. The molecule has 0 saturated heterocycles. The monoisotopic (exact) mass is 275 g/mol. The Balaban J connectivity index is 2.18. The van der Waals surface area contributed by atoms with Gasteiger partial charge in [0, 0.05) is 32.1 Å². The number of hydrogen-bond donors (Lipinski definition) is 1. The van der Waals surface area contributed by atoms with Crippen molar-refractivity contribution in [3.63, 3.8) is 0 Å². The summed E-state index contributed by atoms with van der Waals surface area (Å²) < 4.78 is 7.89. The van der Waals surface area contributed by atoms with E-state index < -0.39 is 0 Å². The van der Waals surface area contributed by atoms with E-state index in [9.17, 15) is 0 Å². The highest BCUT2D eigenvalue weighted by molar-refractivity contribution is 5.77. The molecular weight excluding hydrogens is 250 g/mol. The highest BCUT2D eigenvalue weighted by Gasteiger charge is 2.09. The highest BCUT2D eigenvalue weighted by atomic mass is 16.5. The molecule has 20 heavy (non-hydrogen) atoms. The molecule has 2 aromatic rings. The van der Waals surface area contributed by atoms with Gasteiger partial charge in [-0.1, -0.05) is 13.8 Å². The second kappa shape index (κ2) is 6.27. The highest BCUT2D eigenvalue weighted by Crippen LogP contribution is 2.22. The number of fused-ring (bicyclic) bond motifs is 1. The standard InChI is InChI=1S/C16H25N3O/c1-11(2)17-9-8-16-18-14-10-13(20-12(3)4)6-7-15(14)19(16)5/h6-7,10-12,17H,8-9H2,1-5H3. The number of aryl methyl sites for hydroxylation is 1. The van der Waals surface area contributed by atoms with E-state index in [1.54, 1.807) is 0 Å². The van der Waals surface area contributed by atoms with E-state index in [4.69, 9.17) is 9.72 Å². The molecule has 0 bridgehead atoms. The van der Waals surface area contributed by atoms with E-state index >= 15 is 0 Å². The van der Waals surface area contributed by atoms with Crippen molar-refractivity contribution < 1.29 is 4.74 Å². The van der Waals surface area contributed by atoms with Gasteiger partial charge >= 0.3 is 0 Å². The van der Waals surface area contributed by atoms with E-state index in [-0.39, 0.29) is 6.10 Å². The second-order valence-electron chi connectivity index (χ2n) is 5.76. The number of benzene rings is 1. The average Bonchev–Trinajstić information content (AvgIpc) is 2.65. The lowest BCUT2D eigenvalue weighted by Gasteiger charge is -2.09. The molecule has 1 heterocycles. The van der Waals surface area contributed by atoms with Crippen LogP contribution in [0.2, 0.25) is 0 Å². The largest absolute Gasteiger partial charge is 0.491 e. The topological polar surface area (TPSA) is 39.1 Å². The molecule has 0 aliphatic heterocycles. The van der Waals surface area contributed by atoms with Gasteiger partial charge in [0.2, 0.25) is 0 Å². The van der Waals surface area contributed by atoms with Crippen LogP contribution in [0.15, 0.2) is 18.2 Å². The Morgan fingerprint density at radius 1 is 1.25 bits per heavy atom. The number of hydrogen-bond acceptors (Lipinski definition) is 3. The van der Waals surface area contributed by atoms with Gasteiger partial charge in [0.15, 0.2) is 0 Å². The van der Waals surface area contributed by atoms with Crippen molar-refractivity contribution in [3.05, 3.63) is 24.0 Å². The Hall–Kier alpha value is -1.55. The van der Waals surface area contributed by atoms with Crippen LogP contribution < -0.4 is 10.1 Å². The molecule has 0 radical (unpaired) electrons. The van der Waals surface area contributed by atoms with Crippen molar-refractivity contribution in [3.8, 4) is 5.75 Å². The number of aromatic nitrogens is 2. The van der Waals surface area contributed by atoms with Gasteiger partial charge in [0.1, 0.15) is 11.6 Å². The van der Waals surface area contributed by atoms with E-state index in [1.165, 1.54) is 0 Å². The molecule has 1 aromatic carbocycles. The minimum Gasteiger partial charge on any atom is -0.491 e. The summed E-state index contributed by atoms with van der Waals surface area (Å²) in [5.74, 6) is 1.99. The van der Waals surface area contributed by atoms with Gasteiger partial charge < -0.3 is 14.6 Å². The lowest BCUT2D eigenvalue weighted by Crippen LogP contribution is -2.25. The summed E-state index contributed by atoms with van der Waals surface area (Å²) in [6.45, 7) is 9.33. The minimum atomic E-state index is 0.186. The fourth-order valence-corrected chi connectivity index (χ4v) is 2.27. The molecule has 1 N–H and O–H groups in total. The predicted octanol–water partition coefficient (Wildman–Crippen LogP) is 2.90. The maximum Gasteiger partial charge on any atom is 0.121 e. The van der Waals surface area contributed by atoms with Gasteiger partial charge in [-0.15, -0.1) is 0 Å². The van der Waals surface area contributed by atoms with Crippen LogP contribution in [0.1, 0.15) is 33.5 Å².